The van der Waals surface area contributed by atoms with Gasteiger partial charge in [0.25, 0.3) is 0 Å². The minimum Gasteiger partial charge on any atom is -0.356 e. The monoisotopic (exact) mass is 235 g/mol. The average Bonchev–Trinajstić information content (AvgIpc) is 2.44. The zero-order valence-electron chi connectivity index (χ0n) is 7.52. The Hall–Kier alpha value is -1.23. The van der Waals surface area contributed by atoms with E-state index in [-0.39, 0.29) is 21.7 Å². The zero-order chi connectivity index (χ0) is 11.2. The zero-order valence-corrected chi connectivity index (χ0v) is 8.28. The van der Waals surface area contributed by atoms with Crippen molar-refractivity contribution in [3.05, 3.63) is 28.4 Å². The summed E-state index contributed by atoms with van der Waals surface area (Å²) in [6, 6.07) is 2.18. The van der Waals surface area contributed by atoms with Gasteiger partial charge in [-0.3, -0.25) is 0 Å². The average molecular weight is 236 g/mol. The Morgan fingerprint density at radius 1 is 1.33 bits per heavy atom. The summed E-state index contributed by atoms with van der Waals surface area (Å²) in [6.45, 7) is 1.45. The molecular weight excluding hydrogens is 231 g/mol. The lowest BCUT2D eigenvalue weighted by molar-refractivity contribution is -0.136. The largest absolute Gasteiger partial charge is 0.417 e. The summed E-state index contributed by atoms with van der Waals surface area (Å²) in [5.74, 6) is 0. The van der Waals surface area contributed by atoms with Crippen LogP contribution in [0.3, 0.4) is 0 Å². The minimum atomic E-state index is -4.46. The topological polar surface area (TPSA) is 26.0 Å². The molecule has 0 saturated carbocycles. The Bertz CT molecular complexity index is 518. The lowest BCUT2D eigenvalue weighted by Gasteiger charge is -2.07. The number of nitrogens with zero attached hydrogens (tertiary/aromatic N) is 1. The lowest BCUT2D eigenvalue weighted by atomic mass is 10.1. The molecule has 0 aliphatic rings. The van der Waals surface area contributed by atoms with Gasteiger partial charge < -0.3 is 4.52 Å². The summed E-state index contributed by atoms with van der Waals surface area (Å²) in [6.07, 6.45) is -4.46. The molecule has 0 fully saturated rings. The van der Waals surface area contributed by atoms with Crippen molar-refractivity contribution in [2.45, 2.75) is 13.1 Å². The third-order valence-corrected chi connectivity index (χ3v) is 2.23. The van der Waals surface area contributed by atoms with E-state index in [0.717, 1.165) is 6.07 Å². The fraction of sp³-hybridized carbons (Fsp3) is 0.222. The van der Waals surface area contributed by atoms with E-state index in [1.165, 1.54) is 13.0 Å². The van der Waals surface area contributed by atoms with E-state index >= 15 is 0 Å². The highest BCUT2D eigenvalue weighted by atomic mass is 35.5. The molecule has 0 bridgehead atoms. The van der Waals surface area contributed by atoms with Gasteiger partial charge in [0.2, 0.25) is 0 Å². The highest BCUT2D eigenvalue weighted by Crippen LogP contribution is 2.38. The number of hydrogen-bond donors (Lipinski definition) is 0. The first-order valence-electron chi connectivity index (χ1n) is 4.02. The maximum absolute atomic E-state index is 12.6. The van der Waals surface area contributed by atoms with Crippen molar-refractivity contribution in [1.82, 2.24) is 5.16 Å². The highest BCUT2D eigenvalue weighted by molar-refractivity contribution is 6.31. The Morgan fingerprint density at radius 3 is 2.60 bits per heavy atom. The number of benzene rings is 1. The van der Waals surface area contributed by atoms with Crippen molar-refractivity contribution < 1.29 is 17.7 Å². The maximum Gasteiger partial charge on any atom is 0.417 e. The standard InChI is InChI=1S/C9H5ClF3NO/c1-4-8-6(9(11,12)13)2-5(10)3-7(8)15-14-4/h2-3H,1H3. The molecule has 2 rings (SSSR count). The third kappa shape index (κ3) is 1.67. The number of alkyl halides is 3. The second kappa shape index (κ2) is 3.13. The normalized spacial score (nSPS) is 12.3. The number of aromatic nitrogens is 1. The van der Waals surface area contributed by atoms with Gasteiger partial charge in [0.15, 0.2) is 5.58 Å². The number of rotatable bonds is 0. The summed E-state index contributed by atoms with van der Waals surface area (Å²) < 4.78 is 42.6. The van der Waals surface area contributed by atoms with E-state index in [2.05, 4.69) is 5.16 Å². The van der Waals surface area contributed by atoms with Gasteiger partial charge in [0.05, 0.1) is 16.6 Å². The molecule has 0 radical (unpaired) electrons. The van der Waals surface area contributed by atoms with Crippen LogP contribution in [0.25, 0.3) is 11.0 Å². The quantitative estimate of drug-likeness (QED) is 0.694. The first-order chi connectivity index (χ1) is 6.89. The molecule has 0 aliphatic carbocycles. The fourth-order valence-electron chi connectivity index (χ4n) is 1.41. The van der Waals surface area contributed by atoms with Crippen LogP contribution in [0.4, 0.5) is 13.2 Å². The van der Waals surface area contributed by atoms with E-state index in [9.17, 15) is 13.2 Å². The predicted octanol–water partition coefficient (Wildman–Crippen LogP) is 3.81. The van der Waals surface area contributed by atoms with E-state index < -0.39 is 11.7 Å². The Morgan fingerprint density at radius 2 is 2.00 bits per heavy atom. The molecule has 6 heteroatoms. The van der Waals surface area contributed by atoms with Gasteiger partial charge in [0.1, 0.15) is 0 Å². The van der Waals surface area contributed by atoms with Crippen molar-refractivity contribution in [2.75, 3.05) is 0 Å². The second-order valence-corrected chi connectivity index (χ2v) is 3.53. The molecule has 0 unspecified atom stereocenters. The highest BCUT2D eigenvalue weighted by Gasteiger charge is 2.34. The molecule has 1 aromatic carbocycles. The van der Waals surface area contributed by atoms with Crippen molar-refractivity contribution >= 4 is 22.6 Å². The van der Waals surface area contributed by atoms with E-state index in [1.54, 1.807) is 0 Å². The van der Waals surface area contributed by atoms with Crippen LogP contribution in [0, 0.1) is 6.92 Å². The van der Waals surface area contributed by atoms with Gasteiger partial charge in [-0.1, -0.05) is 16.8 Å². The Kier molecular flexibility index (Phi) is 2.15. The SMILES string of the molecule is Cc1noc2cc(Cl)cc(C(F)(F)F)c12. The molecule has 0 N–H and O–H groups in total. The molecule has 80 valence electrons. The fourth-order valence-corrected chi connectivity index (χ4v) is 1.62. The van der Waals surface area contributed by atoms with Gasteiger partial charge in [-0.2, -0.15) is 13.2 Å². The van der Waals surface area contributed by atoms with Crippen LogP contribution >= 0.6 is 11.6 Å². The van der Waals surface area contributed by atoms with Gasteiger partial charge in [-0.15, -0.1) is 0 Å². The van der Waals surface area contributed by atoms with Gasteiger partial charge >= 0.3 is 6.18 Å². The molecule has 0 amide bonds. The number of halogens is 4. The maximum atomic E-state index is 12.6. The Labute approximate surface area is 87.6 Å². The number of hydrogen-bond acceptors (Lipinski definition) is 2. The molecule has 0 atom stereocenters. The van der Waals surface area contributed by atoms with Crippen LogP contribution in [0.5, 0.6) is 0 Å². The van der Waals surface area contributed by atoms with Crippen molar-refractivity contribution in [2.24, 2.45) is 0 Å². The first-order valence-corrected chi connectivity index (χ1v) is 4.40. The first kappa shape index (κ1) is 10.3. The van der Waals surface area contributed by atoms with Gasteiger partial charge in [-0.05, 0) is 13.0 Å². The molecule has 2 nitrogen and oxygen atoms in total. The second-order valence-electron chi connectivity index (χ2n) is 3.09. The minimum absolute atomic E-state index is 0.0222. The van der Waals surface area contributed by atoms with Crippen molar-refractivity contribution in [3.8, 4) is 0 Å². The summed E-state index contributed by atoms with van der Waals surface area (Å²) in [5, 5.41) is 3.42. The molecule has 15 heavy (non-hydrogen) atoms. The number of fused-ring (bicyclic) bond motifs is 1. The molecule has 1 aromatic heterocycles. The van der Waals surface area contributed by atoms with Gasteiger partial charge in [0, 0.05) is 11.1 Å². The van der Waals surface area contributed by atoms with E-state index in [1.807, 2.05) is 0 Å². The molecule has 1 heterocycles. The summed E-state index contributed by atoms with van der Waals surface area (Å²) >= 11 is 5.55. The number of aryl methyl sites for hydroxylation is 1. The van der Waals surface area contributed by atoms with Crippen LogP contribution in [-0.4, -0.2) is 5.16 Å². The third-order valence-electron chi connectivity index (χ3n) is 2.02. The lowest BCUT2D eigenvalue weighted by Crippen LogP contribution is -2.05. The van der Waals surface area contributed by atoms with Crippen LogP contribution in [0.1, 0.15) is 11.3 Å². The molecule has 2 aromatic rings. The predicted molar refractivity (Wildman–Crippen MR) is 48.8 cm³/mol. The van der Waals surface area contributed by atoms with Crippen molar-refractivity contribution in [3.63, 3.8) is 0 Å². The van der Waals surface area contributed by atoms with Crippen LogP contribution in [0.2, 0.25) is 5.02 Å². The van der Waals surface area contributed by atoms with Gasteiger partial charge in [-0.25, -0.2) is 0 Å². The molecule has 0 spiro atoms. The molecule has 0 saturated heterocycles. The molecular formula is C9H5ClF3NO. The van der Waals surface area contributed by atoms with Crippen molar-refractivity contribution in [1.29, 1.82) is 0 Å². The molecule has 0 aliphatic heterocycles. The smallest absolute Gasteiger partial charge is 0.356 e. The van der Waals surface area contributed by atoms with Crippen LogP contribution in [-0.2, 0) is 6.18 Å². The summed E-state index contributed by atoms with van der Waals surface area (Å²) in [7, 11) is 0. The summed E-state index contributed by atoms with van der Waals surface area (Å²) in [5.41, 5.74) is -0.565. The van der Waals surface area contributed by atoms with Crippen LogP contribution < -0.4 is 0 Å². The van der Waals surface area contributed by atoms with Crippen LogP contribution in [0.15, 0.2) is 16.7 Å². The van der Waals surface area contributed by atoms with E-state index in [4.69, 9.17) is 16.1 Å². The van der Waals surface area contributed by atoms with E-state index in [0.29, 0.717) is 0 Å². The summed E-state index contributed by atoms with van der Waals surface area (Å²) in [4.78, 5) is 0. The Balaban J connectivity index is 2.87.